The first-order valence-electron chi connectivity index (χ1n) is 8.73. The standard InChI is InChI=1S/C19H25N5/c1-22-8-10-23(11-9-22)18-7-6-16(20)12-15(18)13-24-14-21-17-4-2-3-5-19(17)24/h3,5-7,12,14H,2,4,8-11,13,20H2,1H3. The zero-order chi connectivity index (χ0) is 16.5. The van der Waals surface area contributed by atoms with Crippen LogP contribution in [-0.4, -0.2) is 47.7 Å². The van der Waals surface area contributed by atoms with Gasteiger partial charge in [-0.1, -0.05) is 6.08 Å². The highest BCUT2D eigenvalue weighted by molar-refractivity contribution is 5.60. The Morgan fingerprint density at radius 1 is 1.17 bits per heavy atom. The van der Waals surface area contributed by atoms with Crippen molar-refractivity contribution in [2.45, 2.75) is 19.4 Å². The molecule has 1 aromatic carbocycles. The van der Waals surface area contributed by atoms with Crippen LogP contribution < -0.4 is 10.6 Å². The molecule has 0 bridgehead atoms. The average Bonchev–Trinajstić information content (AvgIpc) is 2.99. The van der Waals surface area contributed by atoms with E-state index in [0.29, 0.717) is 0 Å². The largest absolute Gasteiger partial charge is 0.399 e. The first-order chi connectivity index (χ1) is 11.7. The molecule has 1 aliphatic carbocycles. The second-order valence-electron chi connectivity index (χ2n) is 6.82. The maximum absolute atomic E-state index is 6.08. The van der Waals surface area contributed by atoms with Gasteiger partial charge in [-0.05, 0) is 49.7 Å². The highest BCUT2D eigenvalue weighted by Crippen LogP contribution is 2.27. The van der Waals surface area contributed by atoms with Crippen LogP contribution in [0.15, 0.2) is 30.6 Å². The van der Waals surface area contributed by atoms with E-state index in [4.69, 9.17) is 5.73 Å². The second-order valence-corrected chi connectivity index (χ2v) is 6.82. The van der Waals surface area contributed by atoms with Crippen molar-refractivity contribution in [1.82, 2.24) is 14.5 Å². The SMILES string of the molecule is CN1CCN(c2ccc(N)cc2Cn2cnc3c2C=CCC3)CC1. The molecule has 0 saturated carbocycles. The maximum atomic E-state index is 6.08. The molecule has 2 heterocycles. The van der Waals surface area contributed by atoms with E-state index in [1.54, 1.807) is 0 Å². The quantitative estimate of drug-likeness (QED) is 0.880. The van der Waals surface area contributed by atoms with E-state index in [1.807, 2.05) is 12.4 Å². The van der Waals surface area contributed by atoms with Crippen LogP contribution >= 0.6 is 0 Å². The number of imidazole rings is 1. The number of nitrogen functional groups attached to an aromatic ring is 1. The maximum Gasteiger partial charge on any atom is 0.0957 e. The lowest BCUT2D eigenvalue weighted by Gasteiger charge is -2.35. The minimum Gasteiger partial charge on any atom is -0.399 e. The minimum atomic E-state index is 0.819. The predicted molar refractivity (Wildman–Crippen MR) is 99.2 cm³/mol. The van der Waals surface area contributed by atoms with Gasteiger partial charge in [0.1, 0.15) is 0 Å². The van der Waals surface area contributed by atoms with E-state index in [0.717, 1.165) is 51.3 Å². The van der Waals surface area contributed by atoms with Gasteiger partial charge in [-0.3, -0.25) is 0 Å². The number of hydrogen-bond donors (Lipinski definition) is 1. The molecule has 0 atom stereocenters. The predicted octanol–water partition coefficient (Wildman–Crippen LogP) is 2.22. The van der Waals surface area contributed by atoms with Crippen molar-refractivity contribution in [3.63, 3.8) is 0 Å². The average molecular weight is 323 g/mol. The molecule has 1 saturated heterocycles. The fraction of sp³-hybridized carbons (Fsp3) is 0.421. The molecule has 4 rings (SSSR count). The van der Waals surface area contributed by atoms with Gasteiger partial charge in [0, 0.05) is 37.6 Å². The number of piperazine rings is 1. The van der Waals surface area contributed by atoms with Crippen molar-refractivity contribution in [3.8, 4) is 0 Å². The van der Waals surface area contributed by atoms with Gasteiger partial charge in [-0.25, -0.2) is 4.98 Å². The molecule has 5 heteroatoms. The zero-order valence-corrected chi connectivity index (χ0v) is 14.3. The Balaban J connectivity index is 1.64. The summed E-state index contributed by atoms with van der Waals surface area (Å²) in [7, 11) is 2.19. The molecular formula is C19H25N5. The normalized spacial score (nSPS) is 18.0. The smallest absolute Gasteiger partial charge is 0.0957 e. The Kier molecular flexibility index (Phi) is 4.02. The van der Waals surface area contributed by atoms with E-state index in [9.17, 15) is 0 Å². The molecule has 1 aromatic heterocycles. The van der Waals surface area contributed by atoms with Crippen LogP contribution in [0.1, 0.15) is 23.4 Å². The summed E-state index contributed by atoms with van der Waals surface area (Å²) >= 11 is 0. The molecule has 24 heavy (non-hydrogen) atoms. The van der Waals surface area contributed by atoms with Crippen molar-refractivity contribution < 1.29 is 0 Å². The molecule has 126 valence electrons. The van der Waals surface area contributed by atoms with Gasteiger partial charge in [0.25, 0.3) is 0 Å². The first-order valence-corrected chi connectivity index (χ1v) is 8.73. The first kappa shape index (κ1) is 15.3. The van der Waals surface area contributed by atoms with Gasteiger partial charge in [-0.2, -0.15) is 0 Å². The molecule has 5 nitrogen and oxygen atoms in total. The van der Waals surface area contributed by atoms with Crippen molar-refractivity contribution in [2.24, 2.45) is 0 Å². The molecule has 1 fully saturated rings. The Morgan fingerprint density at radius 2 is 2.00 bits per heavy atom. The summed E-state index contributed by atoms with van der Waals surface area (Å²) in [6, 6.07) is 6.31. The fourth-order valence-corrected chi connectivity index (χ4v) is 3.63. The molecular weight excluding hydrogens is 298 g/mol. The van der Waals surface area contributed by atoms with Crippen LogP contribution in [-0.2, 0) is 13.0 Å². The summed E-state index contributed by atoms with van der Waals surface area (Å²) < 4.78 is 2.25. The number of nitrogens with zero attached hydrogens (tertiary/aromatic N) is 4. The van der Waals surface area contributed by atoms with Crippen LogP contribution in [0, 0.1) is 0 Å². The molecule has 0 amide bonds. The van der Waals surface area contributed by atoms with Gasteiger partial charge in [0.15, 0.2) is 0 Å². The summed E-state index contributed by atoms with van der Waals surface area (Å²) in [6.45, 7) is 5.16. The summed E-state index contributed by atoms with van der Waals surface area (Å²) in [4.78, 5) is 9.45. The number of aryl methyl sites for hydroxylation is 1. The lowest BCUT2D eigenvalue weighted by atomic mass is 10.1. The van der Waals surface area contributed by atoms with Crippen LogP contribution in [0.5, 0.6) is 0 Å². The summed E-state index contributed by atoms with van der Waals surface area (Å²) in [5, 5.41) is 0. The Morgan fingerprint density at radius 3 is 2.83 bits per heavy atom. The highest BCUT2D eigenvalue weighted by atomic mass is 15.2. The number of fused-ring (bicyclic) bond motifs is 1. The van der Waals surface area contributed by atoms with E-state index in [2.05, 4.69) is 50.7 Å². The zero-order valence-electron chi connectivity index (χ0n) is 14.3. The van der Waals surface area contributed by atoms with Gasteiger partial charge in [-0.15, -0.1) is 0 Å². The summed E-state index contributed by atoms with van der Waals surface area (Å²) in [6.07, 6.45) is 8.54. The molecule has 1 aliphatic heterocycles. The van der Waals surface area contributed by atoms with E-state index >= 15 is 0 Å². The highest BCUT2D eigenvalue weighted by Gasteiger charge is 2.18. The van der Waals surface area contributed by atoms with E-state index < -0.39 is 0 Å². The summed E-state index contributed by atoms with van der Waals surface area (Å²) in [5.74, 6) is 0. The van der Waals surface area contributed by atoms with Crippen LogP contribution in [0.4, 0.5) is 11.4 Å². The van der Waals surface area contributed by atoms with Crippen LogP contribution in [0.2, 0.25) is 0 Å². The third kappa shape index (κ3) is 2.91. The third-order valence-corrected chi connectivity index (χ3v) is 5.07. The molecule has 0 unspecified atom stereocenters. The van der Waals surface area contributed by atoms with E-state index in [-0.39, 0.29) is 0 Å². The second kappa shape index (κ2) is 6.32. The topological polar surface area (TPSA) is 50.3 Å². The molecule has 2 aliphatic rings. The number of anilines is 2. The van der Waals surface area contributed by atoms with Crippen LogP contribution in [0.25, 0.3) is 6.08 Å². The van der Waals surface area contributed by atoms with Gasteiger partial charge >= 0.3 is 0 Å². The molecule has 0 spiro atoms. The number of likely N-dealkylation sites (N-methyl/N-ethyl adjacent to an activating group) is 1. The Labute approximate surface area is 143 Å². The van der Waals surface area contributed by atoms with Crippen molar-refractivity contribution in [3.05, 3.63) is 47.6 Å². The number of rotatable bonds is 3. The number of allylic oxidation sites excluding steroid dienone is 1. The molecule has 2 aromatic rings. The third-order valence-electron chi connectivity index (χ3n) is 5.07. The van der Waals surface area contributed by atoms with Crippen LogP contribution in [0.3, 0.4) is 0 Å². The molecule has 2 N–H and O–H groups in total. The number of nitrogens with two attached hydrogens (primary N) is 1. The lowest BCUT2D eigenvalue weighted by molar-refractivity contribution is 0.312. The van der Waals surface area contributed by atoms with Crippen molar-refractivity contribution >= 4 is 17.5 Å². The van der Waals surface area contributed by atoms with Crippen molar-refractivity contribution in [2.75, 3.05) is 43.9 Å². The van der Waals surface area contributed by atoms with Crippen molar-refractivity contribution in [1.29, 1.82) is 0 Å². The van der Waals surface area contributed by atoms with E-state index in [1.165, 1.54) is 22.6 Å². The number of aromatic nitrogens is 2. The Bertz CT molecular complexity index is 753. The molecule has 0 radical (unpaired) electrons. The number of benzene rings is 1. The fourth-order valence-electron chi connectivity index (χ4n) is 3.63. The minimum absolute atomic E-state index is 0.819. The summed E-state index contributed by atoms with van der Waals surface area (Å²) in [5.41, 5.74) is 11.9. The lowest BCUT2D eigenvalue weighted by Crippen LogP contribution is -2.44. The number of hydrogen-bond acceptors (Lipinski definition) is 4. The Hall–Kier alpha value is -2.27. The van der Waals surface area contributed by atoms with Gasteiger partial charge in [0.05, 0.1) is 24.3 Å². The van der Waals surface area contributed by atoms with Gasteiger partial charge in [0.2, 0.25) is 0 Å². The van der Waals surface area contributed by atoms with Gasteiger partial charge < -0.3 is 20.1 Å². The monoisotopic (exact) mass is 323 g/mol.